The Balaban J connectivity index is 1.45. The van der Waals surface area contributed by atoms with E-state index in [4.69, 9.17) is 0 Å². The van der Waals surface area contributed by atoms with Crippen molar-refractivity contribution in [3.63, 3.8) is 0 Å². The van der Waals surface area contributed by atoms with Crippen molar-refractivity contribution in [2.45, 2.75) is 26.2 Å². The van der Waals surface area contributed by atoms with Crippen LogP contribution in [0.5, 0.6) is 0 Å². The summed E-state index contributed by atoms with van der Waals surface area (Å²) in [7, 11) is 0. The minimum atomic E-state index is 0.220. The molecule has 1 fully saturated rings. The van der Waals surface area contributed by atoms with Crippen LogP contribution in [0.15, 0.2) is 24.3 Å². The van der Waals surface area contributed by atoms with Crippen LogP contribution in [0.2, 0.25) is 0 Å². The number of nitrogens with one attached hydrogen (secondary N) is 2. The van der Waals surface area contributed by atoms with Gasteiger partial charge in [0.15, 0.2) is 0 Å². The van der Waals surface area contributed by atoms with Gasteiger partial charge in [-0.25, -0.2) is 4.98 Å². The van der Waals surface area contributed by atoms with Crippen molar-refractivity contribution >= 4 is 16.9 Å². The molecule has 2 N–H and O–H groups in total. The Labute approximate surface area is 112 Å². The number of fused-ring (bicyclic) bond motifs is 1. The zero-order valence-electron chi connectivity index (χ0n) is 11.1. The molecule has 1 aliphatic carbocycles. The van der Waals surface area contributed by atoms with Gasteiger partial charge in [-0.05, 0) is 30.9 Å². The van der Waals surface area contributed by atoms with Gasteiger partial charge in [0.1, 0.15) is 5.82 Å². The number of amides is 1. The molecule has 0 spiro atoms. The summed E-state index contributed by atoms with van der Waals surface area (Å²) in [6.45, 7) is 2.86. The molecule has 4 heteroatoms. The number of aromatic nitrogens is 2. The van der Waals surface area contributed by atoms with Crippen LogP contribution in [-0.4, -0.2) is 22.4 Å². The van der Waals surface area contributed by atoms with Crippen molar-refractivity contribution in [1.29, 1.82) is 0 Å². The molecule has 0 aliphatic heterocycles. The van der Waals surface area contributed by atoms with Gasteiger partial charge in [-0.1, -0.05) is 19.1 Å². The maximum absolute atomic E-state index is 11.6. The first-order valence-electron chi connectivity index (χ1n) is 6.95. The lowest BCUT2D eigenvalue weighted by molar-refractivity contribution is -0.122. The summed E-state index contributed by atoms with van der Waals surface area (Å²) in [5, 5.41) is 3.00. The highest BCUT2D eigenvalue weighted by Crippen LogP contribution is 2.37. The number of benzene rings is 1. The van der Waals surface area contributed by atoms with Crippen molar-refractivity contribution in [3.05, 3.63) is 30.1 Å². The van der Waals surface area contributed by atoms with Crippen molar-refractivity contribution in [2.75, 3.05) is 6.54 Å². The van der Waals surface area contributed by atoms with Crippen molar-refractivity contribution in [3.8, 4) is 0 Å². The van der Waals surface area contributed by atoms with Gasteiger partial charge >= 0.3 is 0 Å². The van der Waals surface area contributed by atoms with E-state index in [1.165, 1.54) is 0 Å². The molecule has 2 atom stereocenters. The normalized spacial score (nSPS) is 21.5. The average Bonchev–Trinajstić information content (AvgIpc) is 3.00. The van der Waals surface area contributed by atoms with Gasteiger partial charge in [-0.2, -0.15) is 0 Å². The molecule has 0 saturated heterocycles. The maximum Gasteiger partial charge on any atom is 0.223 e. The first-order valence-corrected chi connectivity index (χ1v) is 6.95. The second-order valence-electron chi connectivity index (χ2n) is 5.41. The summed E-state index contributed by atoms with van der Waals surface area (Å²) in [6, 6.07) is 8.03. The Morgan fingerprint density at radius 1 is 1.47 bits per heavy atom. The molecule has 4 nitrogen and oxygen atoms in total. The molecular formula is C15H19N3O. The van der Waals surface area contributed by atoms with Crippen molar-refractivity contribution in [2.24, 2.45) is 11.8 Å². The van der Waals surface area contributed by atoms with Gasteiger partial charge in [0.05, 0.1) is 11.0 Å². The minimum Gasteiger partial charge on any atom is -0.356 e. The molecule has 3 rings (SSSR count). The fourth-order valence-electron chi connectivity index (χ4n) is 2.41. The van der Waals surface area contributed by atoms with Crippen LogP contribution < -0.4 is 5.32 Å². The third-order valence-electron chi connectivity index (χ3n) is 3.77. The zero-order chi connectivity index (χ0) is 13.2. The second kappa shape index (κ2) is 5.03. The Hall–Kier alpha value is -1.84. The highest BCUT2D eigenvalue weighted by atomic mass is 16.2. The van der Waals surface area contributed by atoms with Gasteiger partial charge < -0.3 is 10.3 Å². The van der Waals surface area contributed by atoms with Crippen LogP contribution in [0, 0.1) is 11.8 Å². The fourth-order valence-corrected chi connectivity index (χ4v) is 2.41. The molecule has 100 valence electrons. The molecule has 1 saturated carbocycles. The highest BCUT2D eigenvalue weighted by molar-refractivity contribution is 5.81. The van der Waals surface area contributed by atoms with Crippen LogP contribution in [-0.2, 0) is 11.2 Å². The highest BCUT2D eigenvalue weighted by Gasteiger charge is 2.38. The summed E-state index contributed by atoms with van der Waals surface area (Å²) in [4.78, 5) is 19.5. The first kappa shape index (κ1) is 12.2. The number of imidazole rings is 1. The first-order chi connectivity index (χ1) is 9.24. The molecule has 1 aromatic heterocycles. The number of para-hydroxylation sites is 2. The number of hydrogen-bond acceptors (Lipinski definition) is 2. The van der Waals surface area contributed by atoms with E-state index in [1.807, 2.05) is 24.3 Å². The van der Waals surface area contributed by atoms with Crippen LogP contribution in [0.1, 0.15) is 25.6 Å². The second-order valence-corrected chi connectivity index (χ2v) is 5.41. The summed E-state index contributed by atoms with van der Waals surface area (Å²) in [6.07, 6.45) is 2.84. The van der Waals surface area contributed by atoms with Gasteiger partial charge in [0, 0.05) is 18.9 Å². The Bertz CT molecular complexity index is 557. The third-order valence-corrected chi connectivity index (χ3v) is 3.77. The van der Waals surface area contributed by atoms with E-state index < -0.39 is 0 Å². The fraction of sp³-hybridized carbons (Fsp3) is 0.467. The van der Waals surface area contributed by atoms with Crippen LogP contribution >= 0.6 is 0 Å². The summed E-state index contributed by atoms with van der Waals surface area (Å²) < 4.78 is 0. The number of carbonyl (C=O) groups is 1. The zero-order valence-corrected chi connectivity index (χ0v) is 11.1. The SMILES string of the molecule is C[C@@H]1C[C@H]1C(=O)NCCCc1nc2ccccc2[nH]1. The molecule has 1 heterocycles. The monoisotopic (exact) mass is 257 g/mol. The standard InChI is InChI=1S/C15H19N3O/c1-10-9-11(10)15(19)16-8-4-7-14-17-12-5-2-3-6-13(12)18-14/h2-3,5-6,10-11H,4,7-9H2,1H3,(H,16,19)(H,17,18)/t10-,11-/m1/s1. The largest absolute Gasteiger partial charge is 0.356 e. The molecule has 19 heavy (non-hydrogen) atoms. The predicted octanol–water partition coefficient (Wildman–Crippen LogP) is 2.27. The van der Waals surface area contributed by atoms with Crippen molar-refractivity contribution < 1.29 is 4.79 Å². The molecular weight excluding hydrogens is 238 g/mol. The maximum atomic E-state index is 11.6. The number of nitrogens with zero attached hydrogens (tertiary/aromatic N) is 1. The Morgan fingerprint density at radius 3 is 3.00 bits per heavy atom. The van der Waals surface area contributed by atoms with Crippen LogP contribution in [0.3, 0.4) is 0 Å². The van der Waals surface area contributed by atoms with Crippen molar-refractivity contribution in [1.82, 2.24) is 15.3 Å². The van der Waals surface area contributed by atoms with E-state index in [-0.39, 0.29) is 11.8 Å². The lowest BCUT2D eigenvalue weighted by Crippen LogP contribution is -2.26. The Kier molecular flexibility index (Phi) is 3.23. The number of carbonyl (C=O) groups excluding carboxylic acids is 1. The quantitative estimate of drug-likeness (QED) is 0.807. The van der Waals surface area contributed by atoms with E-state index >= 15 is 0 Å². The molecule has 0 radical (unpaired) electrons. The van der Waals surface area contributed by atoms with E-state index in [0.717, 1.165) is 42.7 Å². The molecule has 0 bridgehead atoms. The Morgan fingerprint density at radius 2 is 2.26 bits per heavy atom. The predicted molar refractivity (Wildman–Crippen MR) is 74.7 cm³/mol. The summed E-state index contributed by atoms with van der Waals surface area (Å²) >= 11 is 0. The molecule has 1 aliphatic rings. The summed E-state index contributed by atoms with van der Waals surface area (Å²) in [5.41, 5.74) is 2.08. The van der Waals surface area contributed by atoms with Crippen LogP contribution in [0.25, 0.3) is 11.0 Å². The van der Waals surface area contributed by atoms with Gasteiger partial charge in [0.2, 0.25) is 5.91 Å². The minimum absolute atomic E-state index is 0.220. The van der Waals surface area contributed by atoms with Crippen LogP contribution in [0.4, 0.5) is 0 Å². The van der Waals surface area contributed by atoms with Gasteiger partial charge in [-0.15, -0.1) is 0 Å². The lowest BCUT2D eigenvalue weighted by Gasteiger charge is -2.02. The lowest BCUT2D eigenvalue weighted by atomic mass is 10.2. The number of aromatic amines is 1. The topological polar surface area (TPSA) is 57.8 Å². The van der Waals surface area contributed by atoms with E-state index in [2.05, 4.69) is 22.2 Å². The molecule has 2 aromatic rings. The number of rotatable bonds is 5. The van der Waals surface area contributed by atoms with E-state index in [9.17, 15) is 4.79 Å². The molecule has 1 amide bonds. The average molecular weight is 257 g/mol. The van der Waals surface area contributed by atoms with Gasteiger partial charge in [-0.3, -0.25) is 4.79 Å². The number of H-pyrrole nitrogens is 1. The number of aryl methyl sites for hydroxylation is 1. The molecule has 1 aromatic carbocycles. The smallest absolute Gasteiger partial charge is 0.223 e. The molecule has 0 unspecified atom stereocenters. The van der Waals surface area contributed by atoms with E-state index in [1.54, 1.807) is 0 Å². The van der Waals surface area contributed by atoms with Gasteiger partial charge in [0.25, 0.3) is 0 Å². The summed E-state index contributed by atoms with van der Waals surface area (Å²) in [5.74, 6) is 2.06. The van der Waals surface area contributed by atoms with E-state index in [0.29, 0.717) is 5.92 Å². The number of hydrogen-bond donors (Lipinski definition) is 2. The third kappa shape index (κ3) is 2.78.